The highest BCUT2D eigenvalue weighted by Crippen LogP contribution is 2.38. The van der Waals surface area contributed by atoms with E-state index in [2.05, 4.69) is 15.0 Å². The second-order valence-corrected chi connectivity index (χ2v) is 7.80. The van der Waals surface area contributed by atoms with E-state index in [0.29, 0.717) is 22.3 Å². The number of rotatable bonds is 4. The fraction of sp³-hybridized carbons (Fsp3) is 0.0400. The van der Waals surface area contributed by atoms with Gasteiger partial charge in [0.25, 0.3) is 5.91 Å². The van der Waals surface area contributed by atoms with Crippen LogP contribution in [-0.4, -0.2) is 25.4 Å². The molecule has 0 radical (unpaired) electrons. The van der Waals surface area contributed by atoms with Crippen LogP contribution in [0.3, 0.4) is 0 Å². The molecule has 0 aliphatic heterocycles. The summed E-state index contributed by atoms with van der Waals surface area (Å²) in [6.07, 6.45) is 1.81. The molecule has 0 aliphatic carbocycles. The zero-order valence-corrected chi connectivity index (χ0v) is 18.0. The molecule has 0 aliphatic rings. The minimum atomic E-state index is -4.69. The molecule has 0 fully saturated rings. The van der Waals surface area contributed by atoms with Gasteiger partial charge < -0.3 is 16.0 Å². The van der Waals surface area contributed by atoms with Gasteiger partial charge in [0, 0.05) is 35.2 Å². The molecule has 0 saturated carbocycles. The van der Waals surface area contributed by atoms with Gasteiger partial charge >= 0.3 is 6.18 Å². The summed E-state index contributed by atoms with van der Waals surface area (Å²) in [4.78, 5) is 24.0. The highest BCUT2D eigenvalue weighted by molar-refractivity contribution is 6.02. The van der Waals surface area contributed by atoms with Crippen LogP contribution < -0.4 is 11.5 Å². The van der Waals surface area contributed by atoms with Gasteiger partial charge in [-0.15, -0.1) is 0 Å². The third-order valence-corrected chi connectivity index (χ3v) is 5.55. The molecule has 2 aromatic carbocycles. The minimum Gasteiger partial charge on any atom is -0.398 e. The molecule has 3 heterocycles. The van der Waals surface area contributed by atoms with Crippen molar-refractivity contribution < 1.29 is 18.0 Å². The number of amides is 1. The summed E-state index contributed by atoms with van der Waals surface area (Å²) in [6, 6.07) is 14.0. The van der Waals surface area contributed by atoms with E-state index in [9.17, 15) is 18.0 Å². The van der Waals surface area contributed by atoms with Gasteiger partial charge in [-0.3, -0.25) is 9.78 Å². The third-order valence-electron chi connectivity index (χ3n) is 5.55. The van der Waals surface area contributed by atoms with Crippen molar-refractivity contribution in [3.8, 4) is 28.1 Å². The van der Waals surface area contributed by atoms with Crippen LogP contribution in [0, 0.1) is 0 Å². The quantitative estimate of drug-likeness (QED) is 0.362. The number of para-hydroxylation sites is 1. The number of carbonyl (C=O) groups excluding carboxylic acids is 1. The maximum Gasteiger partial charge on any atom is 0.433 e. The monoisotopic (exact) mass is 474 g/mol. The maximum absolute atomic E-state index is 13.8. The van der Waals surface area contributed by atoms with Crippen LogP contribution in [-0.2, 0) is 6.18 Å². The van der Waals surface area contributed by atoms with Crippen molar-refractivity contribution in [2.75, 3.05) is 5.73 Å². The Bertz CT molecular complexity index is 1580. The number of benzene rings is 2. The number of aromatic nitrogens is 4. The molecular formula is C25H17F3N6O. The summed E-state index contributed by atoms with van der Waals surface area (Å²) in [6.45, 7) is 0. The lowest BCUT2D eigenvalue weighted by molar-refractivity contribution is -0.140. The number of alkyl halides is 3. The molecule has 0 unspecified atom stereocenters. The molecule has 5 aromatic rings. The van der Waals surface area contributed by atoms with Crippen molar-refractivity contribution in [1.29, 1.82) is 0 Å². The van der Waals surface area contributed by atoms with Gasteiger partial charge in [-0.2, -0.15) is 13.2 Å². The molecular weight excluding hydrogens is 457 g/mol. The molecule has 0 spiro atoms. The van der Waals surface area contributed by atoms with Crippen LogP contribution in [0.4, 0.5) is 18.9 Å². The lowest BCUT2D eigenvalue weighted by atomic mass is 9.97. The average Bonchev–Trinajstić information content (AvgIpc) is 3.33. The van der Waals surface area contributed by atoms with E-state index in [4.69, 9.17) is 11.5 Å². The summed E-state index contributed by atoms with van der Waals surface area (Å²) >= 11 is 0. The van der Waals surface area contributed by atoms with Crippen molar-refractivity contribution in [3.63, 3.8) is 0 Å². The lowest BCUT2D eigenvalue weighted by Crippen LogP contribution is -2.13. The summed E-state index contributed by atoms with van der Waals surface area (Å²) in [5.41, 5.74) is 12.9. The van der Waals surface area contributed by atoms with Crippen LogP contribution in [0.1, 0.15) is 16.1 Å². The van der Waals surface area contributed by atoms with Gasteiger partial charge in [-0.25, -0.2) is 9.97 Å². The highest BCUT2D eigenvalue weighted by Gasteiger charge is 2.34. The van der Waals surface area contributed by atoms with Gasteiger partial charge in [0.2, 0.25) is 0 Å². The number of nitrogens with zero attached hydrogens (tertiary/aromatic N) is 4. The molecule has 5 rings (SSSR count). The molecule has 0 bridgehead atoms. The Kier molecular flexibility index (Phi) is 5.20. The maximum atomic E-state index is 13.8. The summed E-state index contributed by atoms with van der Waals surface area (Å²) in [7, 11) is 0. The van der Waals surface area contributed by atoms with Gasteiger partial charge in [0.05, 0.1) is 28.8 Å². The minimum absolute atomic E-state index is 0.0698. The van der Waals surface area contributed by atoms with Crippen LogP contribution in [0.5, 0.6) is 0 Å². The lowest BCUT2D eigenvalue weighted by Gasteiger charge is -2.15. The number of halogens is 3. The van der Waals surface area contributed by atoms with E-state index in [1.807, 2.05) is 6.07 Å². The Morgan fingerprint density at radius 1 is 1.00 bits per heavy atom. The number of hydrogen-bond acceptors (Lipinski definition) is 5. The molecule has 1 amide bonds. The molecule has 3 aromatic heterocycles. The van der Waals surface area contributed by atoms with E-state index >= 15 is 0 Å². The molecule has 0 atom stereocenters. The number of anilines is 1. The van der Waals surface area contributed by atoms with Gasteiger partial charge in [0.1, 0.15) is 5.69 Å². The largest absolute Gasteiger partial charge is 0.433 e. The number of carbonyl (C=O) groups is 1. The summed E-state index contributed by atoms with van der Waals surface area (Å²) < 4.78 is 43.2. The first kappa shape index (κ1) is 22.1. The molecule has 35 heavy (non-hydrogen) atoms. The number of hydrogen-bond donors (Lipinski definition) is 2. The Morgan fingerprint density at radius 2 is 1.83 bits per heavy atom. The molecule has 4 N–H and O–H groups in total. The van der Waals surface area contributed by atoms with Crippen molar-refractivity contribution in [3.05, 3.63) is 90.8 Å². The zero-order valence-electron chi connectivity index (χ0n) is 18.0. The fourth-order valence-corrected chi connectivity index (χ4v) is 3.90. The van der Waals surface area contributed by atoms with Crippen LogP contribution >= 0.6 is 0 Å². The van der Waals surface area contributed by atoms with E-state index < -0.39 is 17.8 Å². The SMILES string of the molecule is NC(=O)c1ccc(-c2cc(C(F)(F)F)nc3c(-n4cnc(-c5cccnc5)c4)cccc23)cc1N. The van der Waals surface area contributed by atoms with E-state index in [1.165, 1.54) is 24.5 Å². The highest BCUT2D eigenvalue weighted by atomic mass is 19.4. The second kappa shape index (κ2) is 8.24. The van der Waals surface area contributed by atoms with Crippen LogP contribution in [0.25, 0.3) is 39.0 Å². The van der Waals surface area contributed by atoms with Crippen LogP contribution in [0.15, 0.2) is 79.5 Å². The van der Waals surface area contributed by atoms with Gasteiger partial charge in [0.15, 0.2) is 0 Å². The first-order valence-corrected chi connectivity index (χ1v) is 10.4. The first-order valence-electron chi connectivity index (χ1n) is 10.4. The molecule has 174 valence electrons. The number of primary amides is 1. The Balaban J connectivity index is 1.74. The number of pyridine rings is 2. The number of fused-ring (bicyclic) bond motifs is 1. The van der Waals surface area contributed by atoms with Crippen molar-refractivity contribution >= 4 is 22.5 Å². The van der Waals surface area contributed by atoms with Crippen molar-refractivity contribution in [1.82, 2.24) is 19.5 Å². The third kappa shape index (κ3) is 4.05. The average molecular weight is 474 g/mol. The van der Waals surface area contributed by atoms with Crippen molar-refractivity contribution in [2.24, 2.45) is 5.73 Å². The topological polar surface area (TPSA) is 113 Å². The van der Waals surface area contributed by atoms with Gasteiger partial charge in [-0.05, 0) is 47.5 Å². The molecule has 10 heteroatoms. The van der Waals surface area contributed by atoms with Crippen LogP contribution in [0.2, 0.25) is 0 Å². The van der Waals surface area contributed by atoms with E-state index in [1.54, 1.807) is 47.4 Å². The number of nitrogens with two attached hydrogens (primary N) is 2. The Labute approximate surface area is 196 Å². The Morgan fingerprint density at radius 3 is 2.51 bits per heavy atom. The predicted molar refractivity (Wildman–Crippen MR) is 125 cm³/mol. The fourth-order valence-electron chi connectivity index (χ4n) is 3.90. The standard InChI is InChI=1S/C25H17F3N6O/c26-25(27,28)22-10-18(14-6-7-17(24(30)35)19(29)9-14)16-4-1-5-21(23(16)33-22)34-12-20(32-13-34)15-3-2-8-31-11-15/h1-13H,29H2,(H2,30,35). The molecule has 0 saturated heterocycles. The second-order valence-electron chi connectivity index (χ2n) is 7.80. The van der Waals surface area contributed by atoms with E-state index in [-0.39, 0.29) is 22.3 Å². The predicted octanol–water partition coefficient (Wildman–Crippen LogP) is 4.85. The summed E-state index contributed by atoms with van der Waals surface area (Å²) in [5, 5.41) is 0.471. The first-order chi connectivity index (χ1) is 16.7. The number of nitrogen functional groups attached to an aromatic ring is 1. The normalized spacial score (nSPS) is 11.6. The van der Waals surface area contributed by atoms with Gasteiger partial charge in [-0.1, -0.05) is 18.2 Å². The number of imidazole rings is 1. The van der Waals surface area contributed by atoms with Crippen molar-refractivity contribution in [2.45, 2.75) is 6.18 Å². The zero-order chi connectivity index (χ0) is 24.7. The molecule has 7 nitrogen and oxygen atoms in total. The summed E-state index contributed by atoms with van der Waals surface area (Å²) in [5.74, 6) is -0.726. The smallest absolute Gasteiger partial charge is 0.398 e. The Hall–Kier alpha value is -4.73. The van der Waals surface area contributed by atoms with E-state index in [0.717, 1.165) is 11.6 Å².